The molecule has 0 amide bonds. The van der Waals surface area contributed by atoms with Gasteiger partial charge in [0.1, 0.15) is 0 Å². The zero-order valence-corrected chi connectivity index (χ0v) is 26.1. The SMILES string of the molecule is CCCC[SiH]=[Hf]([CH]1C(CC)=Cc2c(C3CC3)cccc21)[CH]1C(CC)=Cc2c(C3CC3)cccc21. The fourth-order valence-corrected chi connectivity index (χ4v) is 36.2. The van der Waals surface area contributed by atoms with Crippen LogP contribution in [0, 0.1) is 0 Å². The molecule has 4 aliphatic carbocycles. The van der Waals surface area contributed by atoms with Gasteiger partial charge in [0.2, 0.25) is 0 Å². The molecule has 2 unspecified atom stereocenters. The molecule has 0 spiro atoms. The second-order valence-electron chi connectivity index (χ2n) is 11.1. The van der Waals surface area contributed by atoms with Gasteiger partial charge < -0.3 is 0 Å². The molecule has 0 heterocycles. The van der Waals surface area contributed by atoms with Crippen LogP contribution in [0.1, 0.15) is 125 Å². The maximum absolute atomic E-state index is 2.70. The number of unbranched alkanes of at least 4 members (excludes halogenated alkanes) is 1. The normalized spacial score (nSPS) is 22.8. The van der Waals surface area contributed by atoms with E-state index in [9.17, 15) is 0 Å². The minimum absolute atomic E-state index is 0.619. The Morgan fingerprint density at radius 1 is 0.706 bits per heavy atom. The molecule has 2 heteroatoms. The summed E-state index contributed by atoms with van der Waals surface area (Å²) in [6.07, 6.45) is 17.0. The molecule has 0 radical (unpaired) electrons. The van der Waals surface area contributed by atoms with Crippen molar-refractivity contribution < 1.29 is 20.1 Å². The first-order valence-electron chi connectivity index (χ1n) is 14.1. The molecule has 0 aliphatic heterocycles. The van der Waals surface area contributed by atoms with Gasteiger partial charge in [-0.15, -0.1) is 0 Å². The monoisotopic (exact) mass is 632 g/mol. The third-order valence-electron chi connectivity index (χ3n) is 8.83. The van der Waals surface area contributed by atoms with Crippen molar-refractivity contribution in [3.63, 3.8) is 0 Å². The molecule has 2 saturated carbocycles. The van der Waals surface area contributed by atoms with Gasteiger partial charge in [-0.25, -0.2) is 0 Å². The van der Waals surface area contributed by atoms with Gasteiger partial charge in [0.05, 0.1) is 0 Å². The zero-order chi connectivity index (χ0) is 23.2. The Kier molecular flexibility index (Phi) is 6.75. The first kappa shape index (κ1) is 23.4. The van der Waals surface area contributed by atoms with Gasteiger partial charge in [-0.2, -0.15) is 0 Å². The summed E-state index contributed by atoms with van der Waals surface area (Å²) in [5, 5.41) is 0. The van der Waals surface area contributed by atoms with Gasteiger partial charge >= 0.3 is 217 Å². The molecule has 0 saturated heterocycles. The molecule has 0 aromatic heterocycles. The molecule has 2 atom stereocenters. The summed E-state index contributed by atoms with van der Waals surface area (Å²) in [7, 11) is 0. The standard InChI is InChI=1S/2C14H15.C4H10Si.Hf/c2*1-2-10-8-12-4-3-5-13(11-6-7-11)14(12)9-10;1-2-3-4-5;/h2*3-5,8-9,11H,2,6-7H2,1H3;5H,2-4H2,1H3;. The van der Waals surface area contributed by atoms with Gasteiger partial charge in [0, 0.05) is 0 Å². The third kappa shape index (κ3) is 4.15. The summed E-state index contributed by atoms with van der Waals surface area (Å²) < 4.78 is 1.68. The van der Waals surface area contributed by atoms with Crippen LogP contribution in [-0.2, 0) is 20.1 Å². The number of hydrogen-bond acceptors (Lipinski definition) is 0. The molecular formula is C32H40HfSi. The molecule has 0 bridgehead atoms. The predicted molar refractivity (Wildman–Crippen MR) is 146 cm³/mol. The van der Waals surface area contributed by atoms with E-state index in [1.807, 2.05) is 11.1 Å². The van der Waals surface area contributed by atoms with E-state index >= 15 is 0 Å². The molecule has 176 valence electrons. The molecular weight excluding hydrogens is 591 g/mol. The van der Waals surface area contributed by atoms with Crippen LogP contribution < -0.4 is 0 Å². The van der Waals surface area contributed by atoms with E-state index in [4.69, 9.17) is 0 Å². The van der Waals surface area contributed by atoms with Gasteiger partial charge in [-0.1, -0.05) is 0 Å². The van der Waals surface area contributed by atoms with Crippen LogP contribution in [0.3, 0.4) is 0 Å². The van der Waals surface area contributed by atoms with Crippen molar-refractivity contribution in [3.8, 4) is 0 Å². The Morgan fingerprint density at radius 3 is 1.59 bits per heavy atom. The number of allylic oxidation sites excluding steroid dienone is 2. The van der Waals surface area contributed by atoms with Crippen molar-refractivity contribution >= 4 is 18.4 Å². The Labute approximate surface area is 215 Å². The Morgan fingerprint density at radius 2 is 1.18 bits per heavy atom. The number of benzene rings is 2. The molecule has 6 rings (SSSR count). The summed E-state index contributed by atoms with van der Waals surface area (Å²) in [5.74, 6) is 1.70. The van der Waals surface area contributed by atoms with E-state index in [-0.39, 0.29) is 0 Å². The Balaban J connectivity index is 1.49. The van der Waals surface area contributed by atoms with Crippen LogP contribution in [0.4, 0.5) is 0 Å². The second-order valence-corrected chi connectivity index (χ2v) is 29.7. The second kappa shape index (κ2) is 9.81. The first-order valence-corrected chi connectivity index (χ1v) is 25.9. The minimum atomic E-state index is -2.11. The Bertz CT molecular complexity index is 1100. The summed E-state index contributed by atoms with van der Waals surface area (Å²) in [4.78, 5) is 0. The fraction of sp³-hybridized carbons (Fsp3) is 0.500. The van der Waals surface area contributed by atoms with Crippen LogP contribution in [0.2, 0.25) is 6.04 Å². The maximum atomic E-state index is 2.70. The van der Waals surface area contributed by atoms with E-state index < -0.39 is 20.1 Å². The van der Waals surface area contributed by atoms with E-state index in [0.717, 1.165) is 19.2 Å². The van der Waals surface area contributed by atoms with Crippen molar-refractivity contribution in [3.05, 3.63) is 80.9 Å². The van der Waals surface area contributed by atoms with Gasteiger partial charge in [-0.05, 0) is 0 Å². The average Bonchev–Trinajstić information content (AvgIpc) is 3.80. The Hall–Kier alpha value is -0.993. The van der Waals surface area contributed by atoms with Crippen LogP contribution in [-0.4, -0.2) is 6.22 Å². The quantitative estimate of drug-likeness (QED) is 0.192. The van der Waals surface area contributed by atoms with Crippen molar-refractivity contribution in [2.24, 2.45) is 0 Å². The van der Waals surface area contributed by atoms with Crippen LogP contribution >= 0.6 is 0 Å². The first-order chi connectivity index (χ1) is 16.7. The predicted octanol–water partition coefficient (Wildman–Crippen LogP) is 9.03. The zero-order valence-electron chi connectivity index (χ0n) is 21.4. The van der Waals surface area contributed by atoms with Crippen molar-refractivity contribution in [2.75, 3.05) is 0 Å². The number of rotatable bonds is 9. The van der Waals surface area contributed by atoms with E-state index in [0.29, 0.717) is 6.22 Å². The summed E-state index contributed by atoms with van der Waals surface area (Å²) in [5.41, 5.74) is 13.9. The van der Waals surface area contributed by atoms with Crippen molar-refractivity contribution in [1.29, 1.82) is 0 Å². The van der Waals surface area contributed by atoms with E-state index in [2.05, 4.69) is 69.3 Å². The molecule has 2 aromatic rings. The fourth-order valence-electron chi connectivity index (χ4n) is 6.75. The molecule has 4 aliphatic rings. The third-order valence-corrected chi connectivity index (χ3v) is 33.3. The molecule has 0 N–H and O–H groups in total. The number of fused-ring (bicyclic) bond motifs is 2. The average molecular weight is 631 g/mol. The van der Waals surface area contributed by atoms with Gasteiger partial charge in [-0.3, -0.25) is 0 Å². The molecule has 2 aromatic carbocycles. The summed E-state index contributed by atoms with van der Waals surface area (Å²) in [6.45, 7) is 7.27. The van der Waals surface area contributed by atoms with Crippen LogP contribution in [0.25, 0.3) is 12.2 Å². The van der Waals surface area contributed by atoms with Crippen molar-refractivity contribution in [1.82, 2.24) is 0 Å². The molecule has 0 nitrogen and oxygen atoms in total. The van der Waals surface area contributed by atoms with Gasteiger partial charge in [0.25, 0.3) is 0 Å². The van der Waals surface area contributed by atoms with E-state index in [1.54, 1.807) is 33.4 Å². The van der Waals surface area contributed by atoms with Crippen LogP contribution in [0.15, 0.2) is 47.5 Å². The molecule has 2 fully saturated rings. The van der Waals surface area contributed by atoms with Gasteiger partial charge in [0.15, 0.2) is 0 Å². The summed E-state index contributed by atoms with van der Waals surface area (Å²) in [6, 6.07) is 16.4. The summed E-state index contributed by atoms with van der Waals surface area (Å²) >= 11 is -2.11. The van der Waals surface area contributed by atoms with Crippen LogP contribution in [0.5, 0.6) is 0 Å². The van der Waals surface area contributed by atoms with Crippen molar-refractivity contribution in [2.45, 2.75) is 97.4 Å². The topological polar surface area (TPSA) is 0 Å². The molecule has 34 heavy (non-hydrogen) atoms. The number of hydrogen-bond donors (Lipinski definition) is 0. The van der Waals surface area contributed by atoms with E-state index in [1.165, 1.54) is 57.4 Å².